The monoisotopic (exact) mass is 612 g/mol. The van der Waals surface area contributed by atoms with Crippen LogP contribution in [0.25, 0.3) is 10.8 Å². The van der Waals surface area contributed by atoms with E-state index in [1.165, 1.54) is 48.6 Å². The predicted octanol–water partition coefficient (Wildman–Crippen LogP) is 5.13. The number of nitrogens with one attached hydrogen (secondary N) is 1. The normalized spacial score (nSPS) is 32.3. The summed E-state index contributed by atoms with van der Waals surface area (Å²) in [6, 6.07) is 12.1. The zero-order valence-electron chi connectivity index (χ0n) is 26.3. The molecule has 1 aliphatic carbocycles. The summed E-state index contributed by atoms with van der Waals surface area (Å²) in [7, 11) is 0. The number of hydrogen-bond acceptors (Lipinski definition) is 8. The number of aryl methyl sites for hydroxylation is 1. The lowest BCUT2D eigenvalue weighted by Crippen LogP contribution is -2.52. The van der Waals surface area contributed by atoms with Crippen molar-refractivity contribution in [1.29, 1.82) is 0 Å². The van der Waals surface area contributed by atoms with Crippen LogP contribution in [0.2, 0.25) is 0 Å². The van der Waals surface area contributed by atoms with Gasteiger partial charge in [-0.25, -0.2) is 4.39 Å². The topological polar surface area (TPSA) is 77.0 Å². The number of phenols is 1. The van der Waals surface area contributed by atoms with Crippen molar-refractivity contribution in [3.05, 3.63) is 47.2 Å². The fourth-order valence-corrected chi connectivity index (χ4v) is 10.1. The van der Waals surface area contributed by atoms with Gasteiger partial charge in [0, 0.05) is 73.4 Å². The Morgan fingerprint density at radius 1 is 1.04 bits per heavy atom. The predicted molar refractivity (Wildman–Crippen MR) is 174 cm³/mol. The molecule has 0 amide bonds. The van der Waals surface area contributed by atoms with Gasteiger partial charge in [-0.1, -0.05) is 31.5 Å². The molecule has 9 rings (SSSR count). The summed E-state index contributed by atoms with van der Waals surface area (Å²) in [5, 5.41) is 16.8. The quantitative estimate of drug-likeness (QED) is 0.397. The first-order valence-electron chi connectivity index (χ1n) is 17.4. The molecule has 0 spiro atoms. The van der Waals surface area contributed by atoms with Gasteiger partial charge in [0.2, 0.25) is 0 Å². The zero-order chi connectivity index (χ0) is 30.3. The van der Waals surface area contributed by atoms with Gasteiger partial charge in [-0.15, -0.1) is 0 Å². The third-order valence-electron chi connectivity index (χ3n) is 12.0. The molecule has 5 aliphatic heterocycles. The highest BCUT2D eigenvalue weighted by atomic mass is 19.1. The summed E-state index contributed by atoms with van der Waals surface area (Å²) in [6.07, 6.45) is 8.66. The number of phenolic OH excluding ortho intramolecular Hbond substituents is 1. The van der Waals surface area contributed by atoms with Gasteiger partial charge in [0.25, 0.3) is 0 Å². The second-order valence-electron chi connectivity index (χ2n) is 14.7. The Kier molecular flexibility index (Phi) is 6.67. The molecular weight excluding hydrogens is 567 g/mol. The average Bonchev–Trinajstić information content (AvgIpc) is 3.78. The lowest BCUT2D eigenvalue weighted by atomic mass is 9.89. The summed E-state index contributed by atoms with van der Waals surface area (Å²) in [4.78, 5) is 17.6. The molecule has 2 N–H and O–H groups in total. The Morgan fingerprint density at radius 2 is 1.91 bits per heavy atom. The van der Waals surface area contributed by atoms with E-state index in [1.54, 1.807) is 0 Å². The smallest absolute Gasteiger partial charge is 0.318 e. The van der Waals surface area contributed by atoms with Gasteiger partial charge in [-0.3, -0.25) is 4.90 Å². The molecule has 238 valence electrons. The molecule has 2 bridgehead atoms. The fraction of sp³-hybridized carbons (Fsp3) is 0.611. The molecule has 8 nitrogen and oxygen atoms in total. The van der Waals surface area contributed by atoms with Gasteiger partial charge in [0.1, 0.15) is 24.3 Å². The number of fused-ring (bicyclic) bond motifs is 7. The molecule has 1 aromatic heterocycles. The van der Waals surface area contributed by atoms with Crippen LogP contribution in [0.15, 0.2) is 30.3 Å². The number of hydrogen-bond donors (Lipinski definition) is 2. The molecule has 5 fully saturated rings. The molecular formula is C36H45FN6O2. The maximum Gasteiger partial charge on any atom is 0.318 e. The lowest BCUT2D eigenvalue weighted by Gasteiger charge is -2.38. The second-order valence-corrected chi connectivity index (χ2v) is 14.7. The number of halogens is 1. The summed E-state index contributed by atoms with van der Waals surface area (Å²) < 4.78 is 21.5. The fourth-order valence-electron chi connectivity index (χ4n) is 10.1. The molecule has 0 radical (unpaired) electrons. The highest BCUT2D eigenvalue weighted by Crippen LogP contribution is 2.52. The Labute approximate surface area is 265 Å². The van der Waals surface area contributed by atoms with E-state index in [4.69, 9.17) is 14.7 Å². The van der Waals surface area contributed by atoms with Crippen molar-refractivity contribution in [2.75, 3.05) is 42.6 Å². The maximum atomic E-state index is 14.9. The van der Waals surface area contributed by atoms with E-state index in [1.807, 2.05) is 12.1 Å². The van der Waals surface area contributed by atoms with Crippen LogP contribution in [-0.2, 0) is 19.4 Å². The van der Waals surface area contributed by atoms with Gasteiger partial charge in [-0.05, 0) is 67.9 Å². The highest BCUT2D eigenvalue weighted by Gasteiger charge is 2.58. The number of aromatic hydroxyl groups is 1. The van der Waals surface area contributed by atoms with E-state index in [0.29, 0.717) is 56.2 Å². The molecule has 1 saturated carbocycles. The molecule has 9 heteroatoms. The van der Waals surface area contributed by atoms with E-state index in [9.17, 15) is 9.50 Å². The second kappa shape index (κ2) is 10.7. The van der Waals surface area contributed by atoms with Gasteiger partial charge in [0.15, 0.2) is 0 Å². The number of ether oxygens (including phenoxy) is 1. The van der Waals surface area contributed by atoms with Crippen LogP contribution in [0.4, 0.5) is 15.9 Å². The van der Waals surface area contributed by atoms with Gasteiger partial charge < -0.3 is 25.0 Å². The SMILES string of the molecule is CCc1cccc2cc(O)cc(N3CCc4c(nc(OC[C@]56C[C@@H](F)CN5[C@H]5CCC[C@H]5C6)nc4N4CC5CCC(C4)N5)C3)c12. The van der Waals surface area contributed by atoms with Gasteiger partial charge in [0.05, 0.1) is 17.8 Å². The van der Waals surface area contributed by atoms with Crippen LogP contribution in [0.1, 0.15) is 68.7 Å². The number of benzene rings is 2. The van der Waals surface area contributed by atoms with Crippen LogP contribution in [0.3, 0.4) is 0 Å². The number of anilines is 2. The van der Waals surface area contributed by atoms with Crippen LogP contribution >= 0.6 is 0 Å². The molecule has 6 atom stereocenters. The third-order valence-corrected chi connectivity index (χ3v) is 12.0. The van der Waals surface area contributed by atoms with E-state index < -0.39 is 6.17 Å². The van der Waals surface area contributed by atoms with Crippen molar-refractivity contribution in [2.45, 2.75) is 101 Å². The Bertz CT molecular complexity index is 1620. The van der Waals surface area contributed by atoms with Crippen LogP contribution in [-0.4, -0.2) is 82.6 Å². The summed E-state index contributed by atoms with van der Waals surface area (Å²) in [6.45, 7) is 6.54. The number of alkyl halides is 1. The maximum absolute atomic E-state index is 14.9. The largest absolute Gasteiger partial charge is 0.508 e. The van der Waals surface area contributed by atoms with E-state index in [-0.39, 0.29) is 11.3 Å². The minimum Gasteiger partial charge on any atom is -0.508 e. The molecule has 45 heavy (non-hydrogen) atoms. The van der Waals surface area contributed by atoms with Crippen molar-refractivity contribution >= 4 is 22.3 Å². The van der Waals surface area contributed by atoms with Crippen molar-refractivity contribution in [3.63, 3.8) is 0 Å². The first-order valence-corrected chi connectivity index (χ1v) is 17.4. The van der Waals surface area contributed by atoms with E-state index in [0.717, 1.165) is 61.5 Å². The average molecular weight is 613 g/mol. The molecule has 4 saturated heterocycles. The molecule has 2 unspecified atom stereocenters. The van der Waals surface area contributed by atoms with Crippen molar-refractivity contribution in [2.24, 2.45) is 5.92 Å². The van der Waals surface area contributed by atoms with Crippen molar-refractivity contribution in [3.8, 4) is 11.8 Å². The number of aromatic nitrogens is 2. The Hall–Kier alpha value is -3.17. The lowest BCUT2D eigenvalue weighted by molar-refractivity contribution is 0.0829. The highest BCUT2D eigenvalue weighted by molar-refractivity contribution is 5.98. The molecule has 2 aromatic carbocycles. The summed E-state index contributed by atoms with van der Waals surface area (Å²) in [5.41, 5.74) is 4.32. The molecule has 3 aromatic rings. The minimum absolute atomic E-state index is 0.244. The van der Waals surface area contributed by atoms with Gasteiger partial charge >= 0.3 is 6.01 Å². The zero-order valence-corrected chi connectivity index (χ0v) is 26.3. The summed E-state index contributed by atoms with van der Waals surface area (Å²) >= 11 is 0. The number of rotatable bonds is 6. The Morgan fingerprint density at radius 3 is 2.76 bits per heavy atom. The standard InChI is InChI=1S/C36H45FN6O2/c1-2-22-5-3-6-23-13-28(44)14-32(33(22)23)41-12-11-29-30(20-41)39-35(40-34(29)42-18-26-9-10-27(19-42)38-26)45-21-36-15-24-7-4-8-31(24)43(36)17-25(37)16-36/h3,5-6,13-14,24-27,31,38,44H,2,4,7-12,15-21H2,1H3/t24-,25+,26?,27?,31-,36-/m0/s1. The molecule has 6 aliphatic rings. The van der Waals surface area contributed by atoms with Crippen LogP contribution in [0, 0.1) is 5.92 Å². The first-order chi connectivity index (χ1) is 22.0. The van der Waals surface area contributed by atoms with Crippen LogP contribution < -0.4 is 19.9 Å². The molecule has 6 heterocycles. The summed E-state index contributed by atoms with van der Waals surface area (Å²) in [5.74, 6) is 1.97. The first kappa shape index (κ1) is 28.1. The van der Waals surface area contributed by atoms with Crippen molar-refractivity contribution in [1.82, 2.24) is 20.2 Å². The Balaban J connectivity index is 1.07. The van der Waals surface area contributed by atoms with E-state index in [2.05, 4.69) is 45.1 Å². The van der Waals surface area contributed by atoms with Crippen molar-refractivity contribution < 1.29 is 14.2 Å². The number of piperazine rings is 1. The number of nitrogens with zero attached hydrogens (tertiary/aromatic N) is 5. The minimum atomic E-state index is -0.787. The van der Waals surface area contributed by atoms with Gasteiger partial charge in [-0.2, -0.15) is 9.97 Å². The van der Waals surface area contributed by atoms with Crippen LogP contribution in [0.5, 0.6) is 11.8 Å². The van der Waals surface area contributed by atoms with E-state index >= 15 is 0 Å². The third kappa shape index (κ3) is 4.67.